The molecule has 2 atom stereocenters. The lowest BCUT2D eigenvalue weighted by atomic mass is 9.97. The zero-order valence-corrected chi connectivity index (χ0v) is 25.5. The van der Waals surface area contributed by atoms with Gasteiger partial charge < -0.3 is 14.2 Å². The van der Waals surface area contributed by atoms with E-state index in [1.165, 1.54) is 11.6 Å². The summed E-state index contributed by atoms with van der Waals surface area (Å²) < 4.78 is 17.5. The molecular formula is C40H34O6. The highest BCUT2D eigenvalue weighted by atomic mass is 16.6. The Labute approximate surface area is 268 Å². The number of esters is 3. The van der Waals surface area contributed by atoms with E-state index in [4.69, 9.17) is 14.2 Å². The van der Waals surface area contributed by atoms with E-state index in [0.29, 0.717) is 33.6 Å². The maximum atomic E-state index is 13.2. The Kier molecular flexibility index (Phi) is 10.9. The normalized spacial score (nSPS) is 12.2. The minimum atomic E-state index is -0.925. The van der Waals surface area contributed by atoms with Crippen molar-refractivity contribution in [2.24, 2.45) is 0 Å². The van der Waals surface area contributed by atoms with Gasteiger partial charge in [0.25, 0.3) is 0 Å². The third-order valence-corrected chi connectivity index (χ3v) is 7.25. The van der Waals surface area contributed by atoms with Gasteiger partial charge in [-0.05, 0) is 71.1 Å². The van der Waals surface area contributed by atoms with Crippen LogP contribution in [-0.2, 0) is 20.7 Å². The van der Waals surface area contributed by atoms with Crippen LogP contribution in [0.4, 0.5) is 0 Å². The minimum Gasteiger partial charge on any atom is -0.450 e. The average Bonchev–Trinajstić information content (AvgIpc) is 3.11. The van der Waals surface area contributed by atoms with Crippen molar-refractivity contribution in [3.05, 3.63) is 179 Å². The van der Waals surface area contributed by atoms with Gasteiger partial charge >= 0.3 is 17.9 Å². The van der Waals surface area contributed by atoms with E-state index in [9.17, 15) is 14.4 Å². The van der Waals surface area contributed by atoms with Crippen molar-refractivity contribution >= 4 is 24.0 Å². The average molecular weight is 611 g/mol. The summed E-state index contributed by atoms with van der Waals surface area (Å²) in [7, 11) is 0. The number of rotatable bonds is 12. The van der Waals surface area contributed by atoms with E-state index in [2.05, 4.69) is 6.92 Å². The standard InChI is InChI=1S/C40H34O6/c1-2-12-29-19-24-34(25-20-29)39(42)44-35-26-21-30(22-27-35)23-28-36(41)45-37(31-13-6-3-7-14-31)38(32-15-8-4-9-16-32)46-40(43)33-17-10-5-11-18-33/h3-11,13-28,37-38H,2,12H2,1H3. The summed E-state index contributed by atoms with van der Waals surface area (Å²) >= 11 is 0. The molecule has 0 bridgehead atoms. The molecule has 0 amide bonds. The van der Waals surface area contributed by atoms with Crippen molar-refractivity contribution in [1.29, 1.82) is 0 Å². The van der Waals surface area contributed by atoms with Gasteiger partial charge in [-0.15, -0.1) is 0 Å². The molecule has 0 heterocycles. The first-order valence-corrected chi connectivity index (χ1v) is 15.2. The molecule has 5 aromatic carbocycles. The highest BCUT2D eigenvalue weighted by Crippen LogP contribution is 2.36. The van der Waals surface area contributed by atoms with Gasteiger partial charge in [-0.2, -0.15) is 0 Å². The van der Waals surface area contributed by atoms with Gasteiger partial charge in [0.2, 0.25) is 0 Å². The summed E-state index contributed by atoms with van der Waals surface area (Å²) in [4.78, 5) is 39.0. The van der Waals surface area contributed by atoms with Crippen LogP contribution in [-0.4, -0.2) is 17.9 Å². The number of ether oxygens (including phenoxy) is 3. The molecule has 5 aromatic rings. The molecule has 0 aromatic heterocycles. The van der Waals surface area contributed by atoms with E-state index in [1.54, 1.807) is 66.7 Å². The number of aryl methyl sites for hydroxylation is 1. The Morgan fingerprint density at radius 3 is 1.67 bits per heavy atom. The van der Waals surface area contributed by atoms with E-state index >= 15 is 0 Å². The van der Waals surface area contributed by atoms with Crippen molar-refractivity contribution in [3.63, 3.8) is 0 Å². The lowest BCUT2D eigenvalue weighted by Gasteiger charge is -2.27. The smallest absolute Gasteiger partial charge is 0.343 e. The maximum Gasteiger partial charge on any atom is 0.343 e. The zero-order chi connectivity index (χ0) is 32.1. The van der Waals surface area contributed by atoms with Crippen LogP contribution in [0.5, 0.6) is 5.75 Å². The molecule has 0 radical (unpaired) electrons. The monoisotopic (exact) mass is 610 g/mol. The van der Waals surface area contributed by atoms with Crippen LogP contribution in [0.1, 0.15) is 68.5 Å². The molecule has 0 saturated carbocycles. The molecule has 0 saturated heterocycles. The third kappa shape index (κ3) is 8.67. The van der Waals surface area contributed by atoms with Gasteiger partial charge in [-0.3, -0.25) is 0 Å². The molecule has 2 unspecified atom stereocenters. The third-order valence-electron chi connectivity index (χ3n) is 7.25. The van der Waals surface area contributed by atoms with Gasteiger partial charge in [0, 0.05) is 6.08 Å². The highest BCUT2D eigenvalue weighted by Gasteiger charge is 2.32. The first kappa shape index (κ1) is 31.7. The number of hydrogen-bond donors (Lipinski definition) is 0. The molecule has 0 aliphatic rings. The SMILES string of the molecule is CCCc1ccc(C(=O)Oc2ccc(C=CC(=O)OC(c3ccccc3)C(OC(=O)c3ccccc3)c3ccccc3)cc2)cc1. The van der Waals surface area contributed by atoms with Gasteiger partial charge in [0.15, 0.2) is 12.2 Å². The molecule has 0 N–H and O–H groups in total. The largest absolute Gasteiger partial charge is 0.450 e. The summed E-state index contributed by atoms with van der Waals surface area (Å²) in [5.74, 6) is -1.20. The summed E-state index contributed by atoms with van der Waals surface area (Å²) in [6.45, 7) is 2.11. The van der Waals surface area contributed by atoms with Crippen LogP contribution in [0.15, 0.2) is 146 Å². The quantitative estimate of drug-likeness (QED) is 0.0798. The van der Waals surface area contributed by atoms with Crippen LogP contribution in [0.2, 0.25) is 0 Å². The Hall–Kier alpha value is -5.75. The lowest BCUT2D eigenvalue weighted by Crippen LogP contribution is -2.23. The topological polar surface area (TPSA) is 78.9 Å². The first-order chi connectivity index (χ1) is 22.5. The fraction of sp³-hybridized carbons (Fsp3) is 0.125. The predicted octanol–water partition coefficient (Wildman–Crippen LogP) is 8.75. The number of carbonyl (C=O) groups excluding carboxylic acids is 3. The predicted molar refractivity (Wildman–Crippen MR) is 177 cm³/mol. The molecule has 0 spiro atoms. The minimum absolute atomic E-state index is 0.387. The van der Waals surface area contributed by atoms with E-state index in [1.807, 2.05) is 78.9 Å². The number of hydrogen-bond acceptors (Lipinski definition) is 6. The van der Waals surface area contributed by atoms with Crippen molar-refractivity contribution in [2.45, 2.75) is 32.0 Å². The van der Waals surface area contributed by atoms with Gasteiger partial charge in [-0.1, -0.05) is 116 Å². The Balaban J connectivity index is 1.30. The van der Waals surface area contributed by atoms with Crippen LogP contribution in [0.25, 0.3) is 6.08 Å². The van der Waals surface area contributed by atoms with Crippen LogP contribution < -0.4 is 4.74 Å². The van der Waals surface area contributed by atoms with Crippen molar-refractivity contribution in [1.82, 2.24) is 0 Å². The fourth-order valence-corrected chi connectivity index (χ4v) is 4.89. The number of benzene rings is 5. The van der Waals surface area contributed by atoms with Gasteiger partial charge in [-0.25, -0.2) is 14.4 Å². The molecule has 0 aliphatic heterocycles. The Bertz CT molecular complexity index is 1750. The first-order valence-electron chi connectivity index (χ1n) is 15.2. The second-order valence-corrected chi connectivity index (χ2v) is 10.6. The van der Waals surface area contributed by atoms with E-state index in [0.717, 1.165) is 12.8 Å². The second kappa shape index (κ2) is 15.8. The zero-order valence-electron chi connectivity index (χ0n) is 25.5. The number of carbonyl (C=O) groups is 3. The van der Waals surface area contributed by atoms with E-state index in [-0.39, 0.29) is 0 Å². The molecule has 0 fully saturated rings. The molecular weight excluding hydrogens is 576 g/mol. The molecule has 46 heavy (non-hydrogen) atoms. The Morgan fingerprint density at radius 1 is 0.587 bits per heavy atom. The van der Waals surface area contributed by atoms with Crippen LogP contribution in [0.3, 0.4) is 0 Å². The lowest BCUT2D eigenvalue weighted by molar-refractivity contribution is -0.150. The fourth-order valence-electron chi connectivity index (χ4n) is 4.89. The molecule has 6 nitrogen and oxygen atoms in total. The molecule has 0 aliphatic carbocycles. The van der Waals surface area contributed by atoms with Gasteiger partial charge in [0.05, 0.1) is 11.1 Å². The summed E-state index contributed by atoms with van der Waals surface area (Å²) in [6, 6.07) is 41.3. The molecule has 5 rings (SSSR count). The van der Waals surface area contributed by atoms with Gasteiger partial charge in [0.1, 0.15) is 5.75 Å². The second-order valence-electron chi connectivity index (χ2n) is 10.6. The van der Waals surface area contributed by atoms with E-state index < -0.39 is 30.1 Å². The van der Waals surface area contributed by atoms with Crippen molar-refractivity contribution in [3.8, 4) is 5.75 Å². The maximum absolute atomic E-state index is 13.2. The van der Waals surface area contributed by atoms with Crippen LogP contribution >= 0.6 is 0 Å². The molecule has 230 valence electrons. The van der Waals surface area contributed by atoms with Crippen LogP contribution in [0, 0.1) is 0 Å². The molecule has 6 heteroatoms. The highest BCUT2D eigenvalue weighted by molar-refractivity contribution is 5.91. The van der Waals surface area contributed by atoms with Crippen molar-refractivity contribution < 1.29 is 28.6 Å². The van der Waals surface area contributed by atoms with Crippen molar-refractivity contribution in [2.75, 3.05) is 0 Å². The summed E-state index contributed by atoms with van der Waals surface area (Å²) in [5.41, 5.74) is 4.09. The Morgan fingerprint density at radius 2 is 1.11 bits per heavy atom. The summed E-state index contributed by atoms with van der Waals surface area (Å²) in [6.07, 6.45) is 3.08. The summed E-state index contributed by atoms with van der Waals surface area (Å²) in [5, 5.41) is 0.